The van der Waals surface area contributed by atoms with Crippen LogP contribution in [0.1, 0.15) is 35.2 Å². The molecule has 10 heteroatoms. The molecule has 1 aromatic carbocycles. The molecule has 0 radical (unpaired) electrons. The second-order valence-electron chi connectivity index (χ2n) is 7.89. The summed E-state index contributed by atoms with van der Waals surface area (Å²) in [4.78, 5) is 19.3. The number of anilines is 3. The second kappa shape index (κ2) is 9.37. The van der Waals surface area contributed by atoms with E-state index < -0.39 is 5.54 Å². The topological polar surface area (TPSA) is 134 Å². The fraction of sp³-hybridized carbons (Fsp3) is 0.261. The van der Waals surface area contributed by atoms with Crippen molar-refractivity contribution in [2.45, 2.75) is 24.8 Å². The lowest BCUT2D eigenvalue weighted by atomic mass is 9.84. The Morgan fingerprint density at radius 1 is 1.18 bits per heavy atom. The highest BCUT2D eigenvalue weighted by molar-refractivity contribution is 5.99. The van der Waals surface area contributed by atoms with Gasteiger partial charge in [-0.25, -0.2) is 4.39 Å². The molecule has 3 aromatic rings. The molecule has 0 atom stereocenters. The van der Waals surface area contributed by atoms with Crippen LogP contribution in [0.25, 0.3) is 0 Å². The van der Waals surface area contributed by atoms with Gasteiger partial charge in [-0.2, -0.15) is 15.6 Å². The van der Waals surface area contributed by atoms with Crippen LogP contribution < -0.4 is 15.5 Å². The van der Waals surface area contributed by atoms with E-state index >= 15 is 0 Å². The number of nitriles is 2. The largest absolute Gasteiger partial charge is 0.370 e. The number of pyridine rings is 1. The first kappa shape index (κ1) is 21.8. The predicted octanol–water partition coefficient (Wildman–Crippen LogP) is 3.24. The third-order valence-corrected chi connectivity index (χ3v) is 5.73. The molecule has 0 bridgehead atoms. The van der Waals surface area contributed by atoms with Crippen LogP contribution in [0.5, 0.6) is 0 Å². The molecule has 166 valence electrons. The molecule has 1 aliphatic heterocycles. The molecule has 0 unspecified atom stereocenters. The maximum atomic E-state index is 13.2. The van der Waals surface area contributed by atoms with E-state index in [1.165, 1.54) is 24.5 Å². The summed E-state index contributed by atoms with van der Waals surface area (Å²) in [5.74, 6) is -0.337. The first-order valence-corrected chi connectivity index (χ1v) is 10.4. The Morgan fingerprint density at radius 3 is 2.64 bits per heavy atom. The molecule has 1 fully saturated rings. The number of rotatable bonds is 6. The number of carbonyl (C=O) groups excluding carboxylic acids is 1. The molecule has 3 heterocycles. The van der Waals surface area contributed by atoms with E-state index in [1.54, 1.807) is 24.4 Å². The van der Waals surface area contributed by atoms with Gasteiger partial charge in [0, 0.05) is 25.0 Å². The van der Waals surface area contributed by atoms with Crippen molar-refractivity contribution in [3.63, 3.8) is 0 Å². The van der Waals surface area contributed by atoms with Crippen LogP contribution in [0.3, 0.4) is 0 Å². The van der Waals surface area contributed by atoms with Crippen molar-refractivity contribution in [2.75, 3.05) is 23.3 Å². The van der Waals surface area contributed by atoms with E-state index in [2.05, 4.69) is 42.9 Å². The summed E-state index contributed by atoms with van der Waals surface area (Å²) in [6.45, 7) is 1.20. The Labute approximate surface area is 189 Å². The van der Waals surface area contributed by atoms with Gasteiger partial charge >= 0.3 is 0 Å². The van der Waals surface area contributed by atoms with Crippen LogP contribution in [0.15, 0.2) is 48.9 Å². The number of hydrogen-bond donors (Lipinski definition) is 3. The van der Waals surface area contributed by atoms with Crippen molar-refractivity contribution in [3.8, 4) is 12.1 Å². The number of nitrogens with one attached hydrogen (secondary N) is 3. The second-order valence-corrected chi connectivity index (χ2v) is 7.89. The molecule has 4 rings (SSSR count). The normalized spacial score (nSPS) is 14.7. The van der Waals surface area contributed by atoms with E-state index in [9.17, 15) is 14.4 Å². The first-order valence-electron chi connectivity index (χ1n) is 10.4. The summed E-state index contributed by atoms with van der Waals surface area (Å²) in [5, 5.41) is 31.3. The van der Waals surface area contributed by atoms with Crippen molar-refractivity contribution in [2.24, 2.45) is 0 Å². The van der Waals surface area contributed by atoms with Crippen LogP contribution in [0, 0.1) is 28.5 Å². The lowest BCUT2D eigenvalue weighted by Crippen LogP contribution is -2.55. The van der Waals surface area contributed by atoms with Gasteiger partial charge < -0.3 is 15.5 Å². The van der Waals surface area contributed by atoms with Gasteiger partial charge in [0.15, 0.2) is 0 Å². The lowest BCUT2D eigenvalue weighted by Gasteiger charge is -2.42. The SMILES string of the molecule is N#CCC1(NC(=O)c2cn[nH]c2Nc2ccc(F)cc2)CCN(c2cncc(C#N)c2)CC1. The summed E-state index contributed by atoms with van der Waals surface area (Å²) in [5.41, 5.74) is 1.53. The summed E-state index contributed by atoms with van der Waals surface area (Å²) >= 11 is 0. The van der Waals surface area contributed by atoms with Crippen molar-refractivity contribution in [3.05, 3.63) is 65.9 Å². The van der Waals surface area contributed by atoms with Gasteiger partial charge in [-0.3, -0.25) is 14.9 Å². The van der Waals surface area contributed by atoms with E-state index in [0.29, 0.717) is 48.6 Å². The van der Waals surface area contributed by atoms with Crippen molar-refractivity contribution >= 4 is 23.1 Å². The minimum absolute atomic E-state index is 0.168. The predicted molar refractivity (Wildman–Crippen MR) is 119 cm³/mol. The van der Waals surface area contributed by atoms with E-state index in [1.807, 2.05) is 0 Å². The Morgan fingerprint density at radius 2 is 1.94 bits per heavy atom. The first-order chi connectivity index (χ1) is 16.0. The van der Waals surface area contributed by atoms with Gasteiger partial charge in [0.2, 0.25) is 0 Å². The summed E-state index contributed by atoms with van der Waals surface area (Å²) in [6, 6.07) is 11.8. The molecule has 33 heavy (non-hydrogen) atoms. The number of amides is 1. The van der Waals surface area contributed by atoms with Gasteiger partial charge in [-0.1, -0.05) is 0 Å². The van der Waals surface area contributed by atoms with Gasteiger partial charge in [0.1, 0.15) is 23.3 Å². The molecule has 0 aliphatic carbocycles. The number of aromatic amines is 1. The van der Waals surface area contributed by atoms with E-state index in [4.69, 9.17) is 5.26 Å². The number of piperidine rings is 1. The number of aromatic nitrogens is 3. The number of hydrogen-bond acceptors (Lipinski definition) is 7. The number of benzene rings is 1. The molecule has 2 aromatic heterocycles. The molecule has 3 N–H and O–H groups in total. The molecule has 1 amide bonds. The minimum atomic E-state index is -0.687. The summed E-state index contributed by atoms with van der Waals surface area (Å²) < 4.78 is 13.2. The number of carbonyl (C=O) groups is 1. The highest BCUT2D eigenvalue weighted by Gasteiger charge is 2.37. The number of H-pyrrole nitrogens is 1. The molecule has 9 nitrogen and oxygen atoms in total. The van der Waals surface area contributed by atoms with Crippen molar-refractivity contribution in [1.29, 1.82) is 10.5 Å². The number of halogens is 1. The van der Waals surface area contributed by atoms with Gasteiger partial charge in [-0.05, 0) is 43.2 Å². The third-order valence-electron chi connectivity index (χ3n) is 5.73. The highest BCUT2D eigenvalue weighted by atomic mass is 19.1. The van der Waals surface area contributed by atoms with Gasteiger partial charge in [0.05, 0.1) is 41.7 Å². The molecule has 0 spiro atoms. The maximum absolute atomic E-state index is 13.2. The molecule has 0 saturated carbocycles. The average molecular weight is 444 g/mol. The van der Waals surface area contributed by atoms with Gasteiger partial charge in [-0.15, -0.1) is 0 Å². The maximum Gasteiger partial charge on any atom is 0.257 e. The van der Waals surface area contributed by atoms with Crippen molar-refractivity contribution < 1.29 is 9.18 Å². The minimum Gasteiger partial charge on any atom is -0.370 e. The molecular weight excluding hydrogens is 423 g/mol. The van der Waals surface area contributed by atoms with Crippen LogP contribution in [0.4, 0.5) is 21.6 Å². The zero-order chi connectivity index (χ0) is 23.3. The summed E-state index contributed by atoms with van der Waals surface area (Å²) in [7, 11) is 0. The Balaban J connectivity index is 1.46. The van der Waals surface area contributed by atoms with Crippen LogP contribution in [0.2, 0.25) is 0 Å². The van der Waals surface area contributed by atoms with Crippen LogP contribution in [-0.2, 0) is 0 Å². The zero-order valence-corrected chi connectivity index (χ0v) is 17.7. The fourth-order valence-corrected chi connectivity index (χ4v) is 3.89. The molecular formula is C23H21FN8O. The standard InChI is InChI=1S/C23H21FN8O/c24-17-1-3-18(4-2-17)29-21-20(15-28-31-21)22(33)30-23(5-8-25)6-9-32(10-7-23)19-11-16(12-26)13-27-14-19/h1-4,11,13-15H,5-7,9-10H2,(H,30,33)(H2,28,29,31). The lowest BCUT2D eigenvalue weighted by molar-refractivity contribution is 0.0883. The Hall–Kier alpha value is -4.44. The smallest absolute Gasteiger partial charge is 0.257 e. The average Bonchev–Trinajstić information content (AvgIpc) is 3.29. The molecule has 1 saturated heterocycles. The quantitative estimate of drug-likeness (QED) is 0.531. The monoisotopic (exact) mass is 444 g/mol. The van der Waals surface area contributed by atoms with Gasteiger partial charge in [0.25, 0.3) is 5.91 Å². The fourth-order valence-electron chi connectivity index (χ4n) is 3.89. The Kier molecular flexibility index (Phi) is 6.18. The highest BCUT2D eigenvalue weighted by Crippen LogP contribution is 2.30. The Bertz CT molecular complexity index is 1220. The number of nitrogens with zero attached hydrogens (tertiary/aromatic N) is 5. The van der Waals surface area contributed by atoms with Crippen molar-refractivity contribution in [1.82, 2.24) is 20.5 Å². The molecule has 1 aliphatic rings. The van der Waals surface area contributed by atoms with E-state index in [0.717, 1.165) is 5.69 Å². The summed E-state index contributed by atoms with van der Waals surface area (Å²) in [6.07, 6.45) is 5.91. The van der Waals surface area contributed by atoms with E-state index in [-0.39, 0.29) is 18.1 Å². The van der Waals surface area contributed by atoms with Crippen LogP contribution in [-0.4, -0.2) is 39.7 Å². The zero-order valence-electron chi connectivity index (χ0n) is 17.7. The van der Waals surface area contributed by atoms with Crippen LogP contribution >= 0.6 is 0 Å². The third kappa shape index (κ3) is 4.91.